The number of oxazole rings is 1. The lowest BCUT2D eigenvalue weighted by molar-refractivity contribution is 0.331. The van der Waals surface area contributed by atoms with Crippen LogP contribution in [-0.2, 0) is 0 Å². The van der Waals surface area contributed by atoms with Crippen LogP contribution in [0.25, 0.3) is 11.1 Å². The van der Waals surface area contributed by atoms with Crippen LogP contribution in [-0.4, -0.2) is 4.79 Å². The van der Waals surface area contributed by atoms with Crippen molar-refractivity contribution in [2.75, 3.05) is 0 Å². The number of fused-ring (bicyclic) bond motifs is 1. The Balaban J connectivity index is 3.04. The van der Waals surface area contributed by atoms with E-state index >= 15 is 0 Å². The van der Waals surface area contributed by atoms with Crippen molar-refractivity contribution >= 4 is 11.1 Å². The third-order valence-electron chi connectivity index (χ3n) is 1.43. The molecule has 0 amide bonds. The summed E-state index contributed by atoms with van der Waals surface area (Å²) < 4.78 is 17.2. The molecule has 0 unspecified atom stereocenters. The van der Waals surface area contributed by atoms with Crippen molar-refractivity contribution < 1.29 is 8.90 Å². The molecule has 0 fully saturated rings. The maximum atomic E-state index is 12.7. The van der Waals surface area contributed by atoms with Crippen molar-refractivity contribution in [2.24, 2.45) is 0 Å². The lowest BCUT2D eigenvalue weighted by Gasteiger charge is -1.83. The maximum Gasteiger partial charge on any atom is 0.448 e. The van der Waals surface area contributed by atoms with Gasteiger partial charge in [0.05, 0.1) is 0 Å². The third kappa shape index (κ3) is 0.756. The Morgan fingerprint density at radius 3 is 2.82 bits per heavy atom. The van der Waals surface area contributed by atoms with Crippen molar-refractivity contribution in [1.29, 1.82) is 0 Å². The highest BCUT2D eigenvalue weighted by atomic mass is 19.2. The molecular weight excluding hydrogens is 149 g/mol. The molecule has 4 heteroatoms. The Hall–Kier alpha value is -1.58. The van der Waals surface area contributed by atoms with Crippen LogP contribution in [0.2, 0.25) is 0 Å². The Kier molecular flexibility index (Phi) is 1.09. The van der Waals surface area contributed by atoms with Crippen LogP contribution in [0.3, 0.4) is 0 Å². The molecular formula is C7H4FNO2. The zero-order valence-corrected chi connectivity index (χ0v) is 5.45. The first-order valence-corrected chi connectivity index (χ1v) is 3.06. The SMILES string of the molecule is O=c1oc2ccccc2n1F. The summed E-state index contributed by atoms with van der Waals surface area (Å²) in [4.78, 5) is 10.5. The normalized spacial score (nSPS) is 10.6. The highest BCUT2D eigenvalue weighted by Gasteiger charge is 2.05. The quantitative estimate of drug-likeness (QED) is 0.572. The van der Waals surface area contributed by atoms with Gasteiger partial charge >= 0.3 is 5.76 Å². The minimum Gasteiger partial charge on any atom is -0.406 e. The second kappa shape index (κ2) is 1.95. The predicted molar refractivity (Wildman–Crippen MR) is 37.0 cm³/mol. The van der Waals surface area contributed by atoms with Gasteiger partial charge in [-0.1, -0.05) is 16.6 Å². The van der Waals surface area contributed by atoms with Crippen LogP contribution in [0.4, 0.5) is 4.48 Å². The second-order valence-corrected chi connectivity index (χ2v) is 2.12. The molecule has 0 radical (unpaired) electrons. The molecule has 0 saturated carbocycles. The summed E-state index contributed by atoms with van der Waals surface area (Å²) in [5.74, 6) is -0.980. The fourth-order valence-electron chi connectivity index (χ4n) is 0.938. The van der Waals surface area contributed by atoms with Gasteiger partial charge in [0, 0.05) is 0 Å². The van der Waals surface area contributed by atoms with E-state index in [4.69, 9.17) is 0 Å². The van der Waals surface area contributed by atoms with Gasteiger partial charge in [-0.05, 0) is 12.1 Å². The Labute approximate surface area is 60.6 Å². The van der Waals surface area contributed by atoms with Crippen molar-refractivity contribution in [3.8, 4) is 0 Å². The number of hydrogen-bond donors (Lipinski definition) is 0. The second-order valence-electron chi connectivity index (χ2n) is 2.12. The van der Waals surface area contributed by atoms with Gasteiger partial charge in [0.25, 0.3) is 0 Å². The Morgan fingerprint density at radius 1 is 1.36 bits per heavy atom. The number of para-hydroxylation sites is 2. The summed E-state index contributed by atoms with van der Waals surface area (Å²) in [5.41, 5.74) is 0.428. The fourth-order valence-corrected chi connectivity index (χ4v) is 0.938. The first kappa shape index (κ1) is 6.15. The van der Waals surface area contributed by atoms with Crippen LogP contribution in [0.15, 0.2) is 33.5 Å². The van der Waals surface area contributed by atoms with Crippen LogP contribution < -0.4 is 5.76 Å². The van der Waals surface area contributed by atoms with Gasteiger partial charge < -0.3 is 4.42 Å². The molecule has 2 aromatic rings. The molecule has 0 aliphatic heterocycles. The minimum absolute atomic E-state index is 0.0185. The van der Waals surface area contributed by atoms with E-state index in [2.05, 4.69) is 4.42 Å². The first-order valence-electron chi connectivity index (χ1n) is 3.06. The zero-order chi connectivity index (χ0) is 7.84. The van der Waals surface area contributed by atoms with Crippen molar-refractivity contribution in [1.82, 2.24) is 4.79 Å². The molecule has 0 N–H and O–H groups in total. The molecule has 0 spiro atoms. The topological polar surface area (TPSA) is 35.1 Å². The minimum atomic E-state index is -0.980. The molecule has 0 atom stereocenters. The fraction of sp³-hybridized carbons (Fsp3) is 0. The van der Waals surface area contributed by atoms with Gasteiger partial charge in [0.15, 0.2) is 5.58 Å². The molecule has 1 heterocycles. The van der Waals surface area contributed by atoms with E-state index in [1.54, 1.807) is 12.1 Å². The van der Waals surface area contributed by atoms with Crippen LogP contribution >= 0.6 is 0 Å². The van der Waals surface area contributed by atoms with Crippen LogP contribution in [0.1, 0.15) is 0 Å². The maximum absolute atomic E-state index is 12.7. The van der Waals surface area contributed by atoms with Gasteiger partial charge in [0.2, 0.25) is 0 Å². The van der Waals surface area contributed by atoms with E-state index in [-0.39, 0.29) is 15.9 Å². The molecule has 2 rings (SSSR count). The van der Waals surface area contributed by atoms with Crippen molar-refractivity contribution in [3.05, 3.63) is 34.8 Å². The molecule has 3 nitrogen and oxygen atoms in total. The standard InChI is InChI=1S/C7H4FNO2/c8-9-5-3-1-2-4-6(5)11-7(9)10/h1-4H. The van der Waals surface area contributed by atoms with E-state index in [0.717, 1.165) is 0 Å². The summed E-state index contributed by atoms with van der Waals surface area (Å²) >= 11 is 0. The predicted octanol–water partition coefficient (Wildman–Crippen LogP) is 1.33. The average Bonchev–Trinajstić information content (AvgIpc) is 2.30. The monoisotopic (exact) mass is 153 g/mol. The molecule has 11 heavy (non-hydrogen) atoms. The molecule has 0 aliphatic carbocycles. The van der Waals surface area contributed by atoms with Crippen molar-refractivity contribution in [3.63, 3.8) is 0 Å². The number of nitrogens with zero attached hydrogens (tertiary/aromatic N) is 1. The lowest BCUT2D eigenvalue weighted by atomic mass is 10.3. The molecule has 0 bridgehead atoms. The summed E-state index contributed by atoms with van der Waals surface area (Å²) in [5, 5.41) is 0. The molecule has 0 saturated heterocycles. The van der Waals surface area contributed by atoms with E-state index < -0.39 is 5.76 Å². The van der Waals surface area contributed by atoms with Gasteiger partial charge in [-0.15, -0.1) is 4.79 Å². The van der Waals surface area contributed by atoms with Crippen molar-refractivity contribution in [2.45, 2.75) is 0 Å². The van der Waals surface area contributed by atoms with E-state index in [1.165, 1.54) is 12.1 Å². The van der Waals surface area contributed by atoms with Gasteiger partial charge in [0.1, 0.15) is 5.52 Å². The van der Waals surface area contributed by atoms with Crippen LogP contribution in [0, 0.1) is 0 Å². The van der Waals surface area contributed by atoms with Gasteiger partial charge in [-0.25, -0.2) is 4.79 Å². The largest absolute Gasteiger partial charge is 0.448 e. The third-order valence-corrected chi connectivity index (χ3v) is 1.43. The number of halogens is 1. The molecule has 1 aromatic heterocycles. The van der Waals surface area contributed by atoms with Gasteiger partial charge in [-0.2, -0.15) is 0 Å². The molecule has 1 aromatic carbocycles. The lowest BCUT2D eigenvalue weighted by Crippen LogP contribution is -2.04. The number of rotatable bonds is 0. The summed E-state index contributed by atoms with van der Waals surface area (Å²) in [6.07, 6.45) is 0. The van der Waals surface area contributed by atoms with Crippen LogP contribution in [0.5, 0.6) is 0 Å². The summed E-state index contributed by atoms with van der Waals surface area (Å²) in [6, 6.07) is 6.31. The van der Waals surface area contributed by atoms with E-state index in [1.807, 2.05) is 0 Å². The highest BCUT2D eigenvalue weighted by Crippen LogP contribution is 2.10. The molecule has 0 aliphatic rings. The van der Waals surface area contributed by atoms with E-state index in [9.17, 15) is 9.28 Å². The Morgan fingerprint density at radius 2 is 2.09 bits per heavy atom. The number of hydrogen-bond acceptors (Lipinski definition) is 2. The summed E-state index contributed by atoms with van der Waals surface area (Å²) in [7, 11) is 0. The number of aromatic nitrogens is 1. The van der Waals surface area contributed by atoms with Gasteiger partial charge in [-0.3, -0.25) is 0 Å². The highest BCUT2D eigenvalue weighted by molar-refractivity contribution is 5.71. The van der Waals surface area contributed by atoms with E-state index in [0.29, 0.717) is 0 Å². The zero-order valence-electron chi connectivity index (χ0n) is 5.45. The first-order chi connectivity index (χ1) is 5.29. The number of benzene rings is 1. The molecule has 56 valence electrons. The Bertz CT molecular complexity index is 443. The average molecular weight is 153 g/mol. The smallest absolute Gasteiger partial charge is 0.406 e. The summed E-state index contributed by atoms with van der Waals surface area (Å²) in [6.45, 7) is 0.